The van der Waals surface area contributed by atoms with Gasteiger partial charge in [0.1, 0.15) is 0 Å². The van der Waals surface area contributed by atoms with Crippen LogP contribution in [0.1, 0.15) is 0 Å². The van der Waals surface area contributed by atoms with Crippen LogP contribution in [0.3, 0.4) is 0 Å². The van der Waals surface area contributed by atoms with E-state index in [9.17, 15) is 0 Å². The van der Waals surface area contributed by atoms with Crippen molar-refractivity contribution < 1.29 is 14.2 Å². The lowest BCUT2D eigenvalue weighted by Gasteiger charge is -1.96. The molecule has 0 aromatic carbocycles. The fraction of sp³-hybridized carbons (Fsp3) is 0.333. The first-order valence-corrected chi connectivity index (χ1v) is 4.61. The summed E-state index contributed by atoms with van der Waals surface area (Å²) in [6.07, 6.45) is 3.11. The highest BCUT2D eigenvalue weighted by Gasteiger charge is 1.82. The average Bonchev–Trinajstić information content (AvgIpc) is 2.04. The molecule has 1 atom stereocenters. The molecule has 9 N–H and O–H groups in total. The lowest BCUT2D eigenvalue weighted by molar-refractivity contribution is 0.192. The normalized spacial score (nSPS) is 8.93. The molecule has 1 unspecified atom stereocenters. The maximum atomic E-state index is 8.57. The maximum Gasteiger partial charge on any atom is 0.177 e. The highest BCUT2D eigenvalue weighted by molar-refractivity contribution is 7.16. The Morgan fingerprint density at radius 3 is 1.64 bits per heavy atom. The van der Waals surface area contributed by atoms with Crippen LogP contribution in [0.2, 0.25) is 0 Å². The van der Waals surface area contributed by atoms with Gasteiger partial charge in [-0.2, -0.15) is 0 Å². The van der Waals surface area contributed by atoms with Crippen LogP contribution in [0.25, 0.3) is 0 Å². The number of hydrogen-bond donors (Lipinski definition) is 5. The summed E-state index contributed by atoms with van der Waals surface area (Å²) in [6.45, 7) is 0.734. The van der Waals surface area contributed by atoms with E-state index in [2.05, 4.69) is 0 Å². The smallest absolute Gasteiger partial charge is 0.177 e. The van der Waals surface area contributed by atoms with Gasteiger partial charge in [-0.1, -0.05) is 0 Å². The number of nitrogens with two attached hydrogens (primary N) is 4. The summed E-state index contributed by atoms with van der Waals surface area (Å²) in [7, 11) is -1.50. The molecule has 0 fully saturated rings. The van der Waals surface area contributed by atoms with Crippen LogP contribution in [0.15, 0.2) is 23.8 Å². The molecule has 0 amide bonds. The second kappa shape index (κ2) is 11.8. The van der Waals surface area contributed by atoms with Crippen molar-refractivity contribution in [3.8, 4) is 0 Å². The third kappa shape index (κ3) is 22.4. The van der Waals surface area contributed by atoms with Crippen molar-refractivity contribution in [2.24, 2.45) is 22.9 Å². The second-order valence-corrected chi connectivity index (χ2v) is 2.26. The molecule has 0 aromatic rings. The fourth-order valence-corrected chi connectivity index (χ4v) is 0.378. The Morgan fingerprint density at radius 1 is 1.14 bits per heavy atom. The molecule has 0 aliphatic heterocycles. The minimum absolute atomic E-state index is 0.245. The van der Waals surface area contributed by atoms with Crippen LogP contribution >= 0.6 is 8.69 Å². The molecular formula is C6H17N4O3P. The predicted molar refractivity (Wildman–Crippen MR) is 56.3 cm³/mol. The first kappa shape index (κ1) is 15.3. The Morgan fingerprint density at radius 2 is 1.43 bits per heavy atom. The third-order valence-electron chi connectivity index (χ3n) is 0.874. The van der Waals surface area contributed by atoms with Gasteiger partial charge >= 0.3 is 0 Å². The molecule has 7 nitrogen and oxygen atoms in total. The van der Waals surface area contributed by atoms with Crippen LogP contribution in [0, 0.1) is 0 Å². The van der Waals surface area contributed by atoms with Crippen LogP contribution in [0.5, 0.6) is 0 Å². The summed E-state index contributed by atoms with van der Waals surface area (Å²) in [4.78, 5) is 7.10. The van der Waals surface area contributed by atoms with E-state index in [1.165, 1.54) is 0 Å². The Balaban J connectivity index is 0. The highest BCUT2D eigenvalue weighted by Crippen LogP contribution is 1.80. The van der Waals surface area contributed by atoms with Gasteiger partial charge in [-0.3, -0.25) is 4.57 Å². The van der Waals surface area contributed by atoms with Crippen LogP contribution in [-0.4, -0.2) is 18.1 Å². The average molecular weight is 224 g/mol. The van der Waals surface area contributed by atoms with Crippen molar-refractivity contribution in [2.75, 3.05) is 13.2 Å². The molecule has 0 saturated carbocycles. The Labute approximate surface area is 83.7 Å². The van der Waals surface area contributed by atoms with E-state index in [4.69, 9.17) is 37.1 Å². The first-order valence-electron chi connectivity index (χ1n) is 3.62. The summed E-state index contributed by atoms with van der Waals surface area (Å²) in [5, 5.41) is 0. The molecule has 8 heteroatoms. The molecule has 0 saturated heterocycles. The third-order valence-corrected chi connectivity index (χ3v) is 0.874. The Bertz CT molecular complexity index is 181. The van der Waals surface area contributed by atoms with Gasteiger partial charge in [0.25, 0.3) is 0 Å². The minimum Gasteiger partial charge on any atom is -0.386 e. The van der Waals surface area contributed by atoms with E-state index in [1.807, 2.05) is 0 Å². The molecule has 0 aromatic heterocycles. The van der Waals surface area contributed by atoms with Gasteiger partial charge in [-0.15, -0.1) is 0 Å². The molecule has 0 aliphatic carbocycles. The van der Waals surface area contributed by atoms with Gasteiger partial charge < -0.3 is 32.6 Å². The van der Waals surface area contributed by atoms with Crippen molar-refractivity contribution in [3.05, 3.63) is 23.8 Å². The summed E-state index contributed by atoms with van der Waals surface area (Å²) in [6, 6.07) is 0. The molecular weight excluding hydrogens is 207 g/mol. The van der Waals surface area contributed by atoms with Crippen molar-refractivity contribution in [1.29, 1.82) is 0 Å². The molecule has 84 valence electrons. The Kier molecular flexibility index (Phi) is 12.9. The van der Waals surface area contributed by atoms with Crippen molar-refractivity contribution >= 4 is 8.69 Å². The number of rotatable bonds is 4. The first-order chi connectivity index (χ1) is 6.54. The maximum absolute atomic E-state index is 8.57. The summed E-state index contributed by atoms with van der Waals surface area (Å²) >= 11 is 0. The van der Waals surface area contributed by atoms with Crippen molar-refractivity contribution in [3.63, 3.8) is 0 Å². The Hall–Kier alpha value is -1.17. The van der Waals surface area contributed by atoms with Gasteiger partial charge in [0.15, 0.2) is 8.69 Å². The van der Waals surface area contributed by atoms with Crippen LogP contribution < -0.4 is 22.9 Å². The molecule has 0 spiro atoms. The van der Waals surface area contributed by atoms with E-state index < -0.39 is 8.69 Å². The van der Waals surface area contributed by atoms with E-state index in [0.717, 1.165) is 0 Å². The zero-order chi connectivity index (χ0) is 11.4. The number of hydrogen-bond acceptors (Lipinski definition) is 6. The SMILES string of the molecule is NC(N)=CCOCC=C(N)N.O=[PH2]O. The van der Waals surface area contributed by atoms with Crippen LogP contribution in [0.4, 0.5) is 0 Å². The summed E-state index contributed by atoms with van der Waals surface area (Å²) in [5.74, 6) is 0.490. The molecule has 0 rings (SSSR count). The van der Waals surface area contributed by atoms with Gasteiger partial charge in [-0.05, 0) is 12.2 Å². The van der Waals surface area contributed by atoms with E-state index in [1.54, 1.807) is 12.2 Å². The summed E-state index contributed by atoms with van der Waals surface area (Å²) < 4.78 is 13.6. The minimum atomic E-state index is -1.50. The fourth-order valence-electron chi connectivity index (χ4n) is 0.378. The van der Waals surface area contributed by atoms with E-state index in [0.29, 0.717) is 13.2 Å². The molecule has 14 heavy (non-hydrogen) atoms. The standard InChI is InChI=1S/C6H14N4O.H3O2P/c7-5(8)1-3-11-4-2-6(9)10;1-3-2/h1-2H,3-4,7-10H2;3H2,(H,1,2). The lowest BCUT2D eigenvalue weighted by atomic mass is 10.5. The second-order valence-electron chi connectivity index (χ2n) is 2.05. The molecule has 0 heterocycles. The highest BCUT2D eigenvalue weighted by atomic mass is 31.1. The molecule has 0 bridgehead atoms. The lowest BCUT2D eigenvalue weighted by Crippen LogP contribution is -2.11. The molecule has 0 aliphatic rings. The zero-order valence-electron chi connectivity index (χ0n) is 7.72. The van der Waals surface area contributed by atoms with Crippen molar-refractivity contribution in [1.82, 2.24) is 0 Å². The predicted octanol–water partition coefficient (Wildman–Crippen LogP) is -1.83. The quantitative estimate of drug-likeness (QED) is 0.278. The van der Waals surface area contributed by atoms with Gasteiger partial charge in [0.05, 0.1) is 24.9 Å². The van der Waals surface area contributed by atoms with Crippen molar-refractivity contribution in [2.45, 2.75) is 0 Å². The van der Waals surface area contributed by atoms with E-state index >= 15 is 0 Å². The topological polar surface area (TPSA) is 151 Å². The van der Waals surface area contributed by atoms with E-state index in [-0.39, 0.29) is 11.6 Å². The zero-order valence-corrected chi connectivity index (χ0v) is 8.87. The van der Waals surface area contributed by atoms with Gasteiger partial charge in [0, 0.05) is 0 Å². The van der Waals surface area contributed by atoms with Crippen LogP contribution in [-0.2, 0) is 9.30 Å². The number of ether oxygens (including phenoxy) is 1. The summed E-state index contributed by atoms with van der Waals surface area (Å²) in [5.41, 5.74) is 20.5. The van der Waals surface area contributed by atoms with Gasteiger partial charge in [0.2, 0.25) is 0 Å². The largest absolute Gasteiger partial charge is 0.386 e. The van der Waals surface area contributed by atoms with Gasteiger partial charge in [-0.25, -0.2) is 0 Å². The molecule has 0 radical (unpaired) electrons. The monoisotopic (exact) mass is 224 g/mol.